The lowest BCUT2D eigenvalue weighted by atomic mass is 10.0. The second-order valence-electron chi connectivity index (χ2n) is 5.41. The number of esters is 1. The van der Waals surface area contributed by atoms with Crippen molar-refractivity contribution in [2.75, 3.05) is 6.61 Å². The predicted molar refractivity (Wildman–Crippen MR) is 96.3 cm³/mol. The molecule has 130 valence electrons. The van der Waals surface area contributed by atoms with E-state index in [1.54, 1.807) is 18.2 Å². The van der Waals surface area contributed by atoms with Crippen LogP contribution in [0.25, 0.3) is 0 Å². The van der Waals surface area contributed by atoms with Gasteiger partial charge in [0.2, 0.25) is 0 Å². The van der Waals surface area contributed by atoms with Crippen LogP contribution < -0.4 is 5.19 Å². The first-order valence-electron chi connectivity index (χ1n) is 8.12. The molecule has 1 aromatic rings. The van der Waals surface area contributed by atoms with Gasteiger partial charge in [-0.05, 0) is 29.7 Å². The molecule has 0 aliphatic rings. The largest absolute Gasteiger partial charge is 0.508 e. The Morgan fingerprint density at radius 3 is 2.67 bits per heavy atom. The zero-order valence-corrected chi connectivity index (χ0v) is 15.8. The van der Waals surface area contributed by atoms with Gasteiger partial charge in [0, 0.05) is 17.2 Å². The van der Waals surface area contributed by atoms with E-state index in [4.69, 9.17) is 20.8 Å². The van der Waals surface area contributed by atoms with Crippen LogP contribution in [0.4, 0.5) is 0 Å². The molecule has 0 heterocycles. The maximum atomic E-state index is 11.6. The molecular weight excluding hydrogens is 344 g/mol. The Morgan fingerprint density at radius 2 is 2.00 bits per heavy atom. The molecule has 24 heavy (non-hydrogen) atoms. The Labute approximate surface area is 151 Å². The van der Waals surface area contributed by atoms with Crippen LogP contribution in [0.15, 0.2) is 36.4 Å². The molecule has 0 aliphatic carbocycles. The number of hydrogen-bond donors (Lipinski definition) is 0. The smallest absolute Gasteiger partial charge is 0.355 e. The third-order valence-electron chi connectivity index (χ3n) is 3.45. The van der Waals surface area contributed by atoms with Gasteiger partial charge in [-0.2, -0.15) is 0 Å². The minimum absolute atomic E-state index is 0.156. The quantitative estimate of drug-likeness (QED) is 0.361. The summed E-state index contributed by atoms with van der Waals surface area (Å²) in [4.78, 5) is 23.2. The zero-order valence-electron chi connectivity index (χ0n) is 14.1. The lowest BCUT2D eigenvalue weighted by Crippen LogP contribution is -2.20. The summed E-state index contributed by atoms with van der Waals surface area (Å²) >= 11 is 5.86. The van der Waals surface area contributed by atoms with Crippen LogP contribution in [0.5, 0.6) is 0 Å². The Balaban J connectivity index is 2.31. The van der Waals surface area contributed by atoms with E-state index in [1.807, 2.05) is 6.07 Å². The molecule has 1 unspecified atom stereocenters. The number of ether oxygens (including phenoxy) is 1. The van der Waals surface area contributed by atoms with Crippen LogP contribution in [-0.2, 0) is 18.8 Å². The average molecular weight is 367 g/mol. The van der Waals surface area contributed by atoms with Crippen molar-refractivity contribution in [3.63, 3.8) is 0 Å². The van der Waals surface area contributed by atoms with Crippen LogP contribution in [0.1, 0.15) is 39.5 Å². The molecule has 1 aromatic carbocycles. The fraction of sp³-hybridized carbons (Fsp3) is 0.444. The Hall–Kier alpha value is -1.59. The summed E-state index contributed by atoms with van der Waals surface area (Å²) in [6, 6.07) is 7.08. The molecule has 0 amide bonds. The summed E-state index contributed by atoms with van der Waals surface area (Å²) in [7, 11) is -0.156. The summed E-state index contributed by atoms with van der Waals surface area (Å²) in [5, 5.41) is 1.40. The van der Waals surface area contributed by atoms with E-state index in [9.17, 15) is 9.59 Å². The van der Waals surface area contributed by atoms with Crippen molar-refractivity contribution >= 4 is 38.5 Å². The van der Waals surface area contributed by atoms with Gasteiger partial charge in [0.05, 0.1) is 6.61 Å². The van der Waals surface area contributed by atoms with Crippen molar-refractivity contribution in [1.29, 1.82) is 0 Å². The van der Waals surface area contributed by atoms with Gasteiger partial charge in [-0.3, -0.25) is 0 Å². The number of unbranched alkanes of at least 4 members (excludes halogenated alkanes) is 1. The molecule has 0 saturated heterocycles. The number of carbonyl (C=O) groups is 2. The van der Waals surface area contributed by atoms with E-state index < -0.39 is 11.9 Å². The van der Waals surface area contributed by atoms with Gasteiger partial charge >= 0.3 is 21.7 Å². The van der Waals surface area contributed by atoms with Crippen molar-refractivity contribution in [3.05, 3.63) is 41.4 Å². The fourth-order valence-electron chi connectivity index (χ4n) is 1.98. The summed E-state index contributed by atoms with van der Waals surface area (Å²) in [6.45, 7) is 4.61. The predicted octanol–water partition coefficient (Wildman–Crippen LogP) is 3.44. The van der Waals surface area contributed by atoms with Crippen molar-refractivity contribution in [2.24, 2.45) is 5.92 Å². The van der Waals surface area contributed by atoms with Gasteiger partial charge in [-0.15, -0.1) is 0 Å². The molecule has 1 atom stereocenters. The summed E-state index contributed by atoms with van der Waals surface area (Å²) in [6.07, 6.45) is 6.48. The molecule has 0 saturated carbocycles. The summed E-state index contributed by atoms with van der Waals surface area (Å²) in [5.74, 6) is -0.727. The number of hydrogen-bond acceptors (Lipinski definition) is 4. The van der Waals surface area contributed by atoms with Crippen LogP contribution >= 0.6 is 11.6 Å². The number of halogens is 1. The Kier molecular flexibility index (Phi) is 10.1. The normalized spacial score (nSPS) is 12.1. The summed E-state index contributed by atoms with van der Waals surface area (Å²) < 4.78 is 10.2. The lowest BCUT2D eigenvalue weighted by Gasteiger charge is -2.13. The standard InChI is InChI=1S/C18H23ClO4Si/c1-3-5-7-14(4-2)13-22-17(20)10-11-18(21)23-24-16-9-6-8-15(19)12-16/h6,8-12,14H,3-5,7,13H2,1-2H3/b11-10+. The second kappa shape index (κ2) is 11.9. The SMILES string of the molecule is CCCCC(CC)COC(=O)/C=C/C(=O)O[Si]c1cccc(Cl)c1. The van der Waals surface area contributed by atoms with E-state index in [0.717, 1.165) is 43.0 Å². The summed E-state index contributed by atoms with van der Waals surface area (Å²) in [5.41, 5.74) is 0. The van der Waals surface area contributed by atoms with E-state index >= 15 is 0 Å². The van der Waals surface area contributed by atoms with Crippen LogP contribution in [0.3, 0.4) is 0 Å². The maximum absolute atomic E-state index is 11.6. The maximum Gasteiger partial charge on any atom is 0.355 e. The Morgan fingerprint density at radius 1 is 1.25 bits per heavy atom. The molecule has 0 spiro atoms. The van der Waals surface area contributed by atoms with Crippen LogP contribution in [0.2, 0.25) is 5.02 Å². The van der Waals surface area contributed by atoms with Gasteiger partial charge in [-0.25, -0.2) is 9.59 Å². The highest BCUT2D eigenvalue weighted by Gasteiger charge is 2.09. The lowest BCUT2D eigenvalue weighted by molar-refractivity contribution is -0.139. The van der Waals surface area contributed by atoms with Crippen molar-refractivity contribution in [1.82, 2.24) is 0 Å². The monoisotopic (exact) mass is 366 g/mol. The van der Waals surface area contributed by atoms with E-state index in [1.165, 1.54) is 0 Å². The van der Waals surface area contributed by atoms with Crippen molar-refractivity contribution in [2.45, 2.75) is 39.5 Å². The molecule has 0 N–H and O–H groups in total. The van der Waals surface area contributed by atoms with Gasteiger partial charge in [0.1, 0.15) is 0 Å². The molecular formula is C18H23ClO4Si. The van der Waals surface area contributed by atoms with Crippen molar-refractivity contribution in [3.8, 4) is 0 Å². The first-order chi connectivity index (χ1) is 11.5. The van der Waals surface area contributed by atoms with Gasteiger partial charge in [-0.1, -0.05) is 56.8 Å². The first kappa shape index (κ1) is 20.5. The van der Waals surface area contributed by atoms with Gasteiger partial charge in [0.15, 0.2) is 0 Å². The number of carbonyl (C=O) groups excluding carboxylic acids is 2. The molecule has 4 nitrogen and oxygen atoms in total. The molecule has 0 aliphatic heterocycles. The highest BCUT2D eigenvalue weighted by atomic mass is 35.5. The second-order valence-corrected chi connectivity index (χ2v) is 6.84. The minimum Gasteiger partial charge on any atom is -0.508 e. The first-order valence-corrected chi connectivity index (χ1v) is 9.41. The number of benzene rings is 1. The van der Waals surface area contributed by atoms with Crippen molar-refractivity contribution < 1.29 is 18.8 Å². The molecule has 6 heteroatoms. The van der Waals surface area contributed by atoms with Gasteiger partial charge < -0.3 is 9.16 Å². The number of rotatable bonds is 10. The molecule has 0 fully saturated rings. The van der Waals surface area contributed by atoms with Crippen LogP contribution in [0, 0.1) is 5.92 Å². The fourth-order valence-corrected chi connectivity index (χ4v) is 2.92. The molecule has 0 bridgehead atoms. The highest BCUT2D eigenvalue weighted by molar-refractivity contribution is 6.49. The van der Waals surface area contributed by atoms with E-state index in [2.05, 4.69) is 13.8 Å². The van der Waals surface area contributed by atoms with E-state index in [-0.39, 0.29) is 9.76 Å². The van der Waals surface area contributed by atoms with Gasteiger partial charge in [0.25, 0.3) is 0 Å². The topological polar surface area (TPSA) is 52.6 Å². The van der Waals surface area contributed by atoms with E-state index in [0.29, 0.717) is 17.5 Å². The average Bonchev–Trinajstić information content (AvgIpc) is 2.58. The minimum atomic E-state index is -0.580. The molecule has 0 aromatic heterocycles. The molecule has 2 radical (unpaired) electrons. The third-order valence-corrected chi connectivity index (χ3v) is 4.54. The zero-order chi connectivity index (χ0) is 17.8. The third kappa shape index (κ3) is 8.89. The molecule has 1 rings (SSSR count). The highest BCUT2D eigenvalue weighted by Crippen LogP contribution is 2.12. The Bertz CT molecular complexity index is 560. The van der Waals surface area contributed by atoms with Crippen LogP contribution in [-0.4, -0.2) is 28.3 Å².